The zero-order chi connectivity index (χ0) is 15.6. The molecule has 0 saturated carbocycles. The summed E-state index contributed by atoms with van der Waals surface area (Å²) in [5.74, 6) is -1.49. The molecule has 2 rings (SSSR count). The van der Waals surface area contributed by atoms with Crippen LogP contribution in [0.3, 0.4) is 0 Å². The summed E-state index contributed by atoms with van der Waals surface area (Å²) in [6.07, 6.45) is -0.0981. The molecule has 1 unspecified atom stereocenters. The first-order chi connectivity index (χ1) is 9.92. The van der Waals surface area contributed by atoms with Crippen molar-refractivity contribution in [2.75, 3.05) is 6.54 Å². The van der Waals surface area contributed by atoms with Crippen LogP contribution in [0.5, 0.6) is 0 Å². The van der Waals surface area contributed by atoms with Gasteiger partial charge in [0.25, 0.3) is 5.91 Å². The number of aliphatic carboxylic acids is 1. The predicted octanol–water partition coefficient (Wildman–Crippen LogP) is 3.37. The van der Waals surface area contributed by atoms with Crippen molar-refractivity contribution in [2.45, 2.75) is 26.3 Å². The Morgan fingerprint density at radius 1 is 1.38 bits per heavy atom. The fourth-order valence-electron chi connectivity index (χ4n) is 2.28. The van der Waals surface area contributed by atoms with E-state index in [1.54, 1.807) is 19.1 Å². The van der Waals surface area contributed by atoms with Crippen LogP contribution in [0, 0.1) is 5.82 Å². The molecule has 112 valence electrons. The van der Waals surface area contributed by atoms with Crippen LogP contribution in [0.1, 0.15) is 29.9 Å². The van der Waals surface area contributed by atoms with Crippen LogP contribution < -0.4 is 0 Å². The lowest BCUT2D eigenvalue weighted by Crippen LogP contribution is -2.39. The highest BCUT2D eigenvalue weighted by molar-refractivity contribution is 7.20. The fourth-order valence-corrected chi connectivity index (χ4v) is 3.28. The summed E-state index contributed by atoms with van der Waals surface area (Å²) in [7, 11) is 0. The van der Waals surface area contributed by atoms with Crippen LogP contribution in [-0.2, 0) is 4.79 Å². The first kappa shape index (κ1) is 15.4. The maximum atomic E-state index is 13.2. The molecule has 0 aliphatic heterocycles. The fraction of sp³-hybridized carbons (Fsp3) is 0.333. The standard InChI is InChI=1S/C15H16FNO3S/c1-3-17(9(2)6-14(18)19)15(20)13-8-10-7-11(16)4-5-12(10)21-13/h4-5,7-9H,3,6H2,1-2H3,(H,18,19). The summed E-state index contributed by atoms with van der Waals surface area (Å²) in [4.78, 5) is 25.3. The highest BCUT2D eigenvalue weighted by Crippen LogP contribution is 2.27. The van der Waals surface area contributed by atoms with E-state index in [0.29, 0.717) is 16.8 Å². The molecule has 0 aliphatic carbocycles. The maximum absolute atomic E-state index is 13.2. The van der Waals surface area contributed by atoms with E-state index in [9.17, 15) is 14.0 Å². The van der Waals surface area contributed by atoms with Gasteiger partial charge < -0.3 is 10.0 Å². The Hall–Kier alpha value is -1.95. The lowest BCUT2D eigenvalue weighted by molar-refractivity contribution is -0.138. The molecule has 0 fully saturated rings. The number of rotatable bonds is 5. The molecular weight excluding hydrogens is 293 g/mol. The zero-order valence-electron chi connectivity index (χ0n) is 11.8. The molecule has 1 atom stereocenters. The molecule has 4 nitrogen and oxygen atoms in total. The van der Waals surface area contributed by atoms with Gasteiger partial charge in [-0.15, -0.1) is 11.3 Å². The largest absolute Gasteiger partial charge is 0.481 e. The van der Waals surface area contributed by atoms with E-state index in [0.717, 1.165) is 4.70 Å². The normalized spacial score (nSPS) is 12.3. The number of hydrogen-bond donors (Lipinski definition) is 1. The molecule has 0 aliphatic rings. The average molecular weight is 309 g/mol. The van der Waals surface area contributed by atoms with E-state index in [1.807, 2.05) is 6.92 Å². The molecule has 0 saturated heterocycles. The Balaban J connectivity index is 2.28. The van der Waals surface area contributed by atoms with Gasteiger partial charge in [-0.2, -0.15) is 0 Å². The number of carboxylic acids is 1. The third kappa shape index (κ3) is 3.39. The van der Waals surface area contributed by atoms with Gasteiger partial charge in [0.1, 0.15) is 5.82 Å². The Labute approximate surface area is 125 Å². The SMILES string of the molecule is CCN(C(=O)c1cc2cc(F)ccc2s1)C(C)CC(=O)O. The first-order valence-electron chi connectivity index (χ1n) is 6.64. The second-order valence-electron chi connectivity index (χ2n) is 4.83. The van der Waals surface area contributed by atoms with Crippen LogP contribution in [0.25, 0.3) is 10.1 Å². The molecule has 21 heavy (non-hydrogen) atoms. The monoisotopic (exact) mass is 309 g/mol. The number of hydrogen-bond acceptors (Lipinski definition) is 3. The minimum atomic E-state index is -0.938. The average Bonchev–Trinajstić information content (AvgIpc) is 2.81. The van der Waals surface area contributed by atoms with Crippen molar-refractivity contribution in [3.63, 3.8) is 0 Å². The highest BCUT2D eigenvalue weighted by Gasteiger charge is 2.23. The van der Waals surface area contributed by atoms with Crippen LogP contribution >= 0.6 is 11.3 Å². The Morgan fingerprint density at radius 3 is 2.71 bits per heavy atom. The smallest absolute Gasteiger partial charge is 0.305 e. The topological polar surface area (TPSA) is 57.6 Å². The van der Waals surface area contributed by atoms with E-state index < -0.39 is 5.97 Å². The second kappa shape index (κ2) is 6.22. The third-order valence-corrected chi connectivity index (χ3v) is 4.40. The van der Waals surface area contributed by atoms with Crippen molar-refractivity contribution in [3.8, 4) is 0 Å². The van der Waals surface area contributed by atoms with Gasteiger partial charge in [-0.1, -0.05) is 0 Å². The summed E-state index contributed by atoms with van der Waals surface area (Å²) in [5, 5.41) is 9.53. The summed E-state index contributed by atoms with van der Waals surface area (Å²) < 4.78 is 14.0. The molecule has 1 N–H and O–H groups in total. The van der Waals surface area contributed by atoms with E-state index in [-0.39, 0.29) is 24.2 Å². The number of fused-ring (bicyclic) bond motifs is 1. The molecule has 1 amide bonds. The maximum Gasteiger partial charge on any atom is 0.305 e. The first-order valence-corrected chi connectivity index (χ1v) is 7.46. The van der Waals surface area contributed by atoms with Gasteiger partial charge >= 0.3 is 5.97 Å². The van der Waals surface area contributed by atoms with Crippen molar-refractivity contribution in [2.24, 2.45) is 0 Å². The molecular formula is C15H16FNO3S. The van der Waals surface area contributed by atoms with Crippen molar-refractivity contribution in [1.29, 1.82) is 0 Å². The minimum Gasteiger partial charge on any atom is -0.481 e. The molecule has 1 aromatic carbocycles. The van der Waals surface area contributed by atoms with E-state index >= 15 is 0 Å². The van der Waals surface area contributed by atoms with Crippen molar-refractivity contribution < 1.29 is 19.1 Å². The molecule has 0 bridgehead atoms. The number of nitrogens with zero attached hydrogens (tertiary/aromatic N) is 1. The molecule has 0 radical (unpaired) electrons. The number of carbonyl (C=O) groups is 2. The van der Waals surface area contributed by atoms with Gasteiger partial charge in [-0.05, 0) is 43.5 Å². The molecule has 0 spiro atoms. The lowest BCUT2D eigenvalue weighted by atomic mass is 10.2. The summed E-state index contributed by atoms with van der Waals surface area (Å²) >= 11 is 1.29. The number of amides is 1. The van der Waals surface area contributed by atoms with Crippen LogP contribution in [0.2, 0.25) is 0 Å². The van der Waals surface area contributed by atoms with Gasteiger partial charge in [0.2, 0.25) is 0 Å². The Morgan fingerprint density at radius 2 is 2.10 bits per heavy atom. The van der Waals surface area contributed by atoms with Gasteiger partial charge in [-0.25, -0.2) is 4.39 Å². The summed E-state index contributed by atoms with van der Waals surface area (Å²) in [6, 6.07) is 5.66. The van der Waals surface area contributed by atoms with Crippen molar-refractivity contribution in [1.82, 2.24) is 4.90 Å². The predicted molar refractivity (Wildman–Crippen MR) is 80.2 cm³/mol. The summed E-state index contributed by atoms with van der Waals surface area (Å²) in [5.41, 5.74) is 0. The van der Waals surface area contributed by atoms with Crippen LogP contribution in [0.4, 0.5) is 4.39 Å². The van der Waals surface area contributed by atoms with Gasteiger partial charge in [0, 0.05) is 17.3 Å². The number of benzene rings is 1. The number of thiophene rings is 1. The molecule has 6 heteroatoms. The quantitative estimate of drug-likeness (QED) is 0.921. The van der Waals surface area contributed by atoms with Gasteiger partial charge in [0.15, 0.2) is 0 Å². The van der Waals surface area contributed by atoms with Crippen molar-refractivity contribution >= 4 is 33.3 Å². The minimum absolute atomic E-state index is 0.0981. The highest BCUT2D eigenvalue weighted by atomic mass is 32.1. The third-order valence-electron chi connectivity index (χ3n) is 3.29. The molecule has 1 aromatic heterocycles. The van der Waals surface area contributed by atoms with Crippen LogP contribution in [-0.4, -0.2) is 34.5 Å². The van der Waals surface area contributed by atoms with Crippen molar-refractivity contribution in [3.05, 3.63) is 35.0 Å². The van der Waals surface area contributed by atoms with E-state index in [4.69, 9.17) is 5.11 Å². The van der Waals surface area contributed by atoms with E-state index in [1.165, 1.54) is 28.4 Å². The van der Waals surface area contributed by atoms with E-state index in [2.05, 4.69) is 0 Å². The lowest BCUT2D eigenvalue weighted by Gasteiger charge is -2.26. The van der Waals surface area contributed by atoms with Crippen LogP contribution in [0.15, 0.2) is 24.3 Å². The number of carboxylic acid groups (broad SMARTS) is 1. The van der Waals surface area contributed by atoms with Gasteiger partial charge in [-0.3, -0.25) is 9.59 Å². The number of carbonyl (C=O) groups excluding carboxylic acids is 1. The Kier molecular flexibility index (Phi) is 4.57. The molecule has 1 heterocycles. The Bertz CT molecular complexity index is 683. The second-order valence-corrected chi connectivity index (χ2v) is 5.91. The zero-order valence-corrected chi connectivity index (χ0v) is 12.6. The summed E-state index contributed by atoms with van der Waals surface area (Å²) in [6.45, 7) is 3.95. The molecule has 2 aromatic rings. The van der Waals surface area contributed by atoms with Gasteiger partial charge in [0.05, 0.1) is 11.3 Å². The number of halogens is 1.